The van der Waals surface area contributed by atoms with Crippen molar-refractivity contribution in [1.82, 2.24) is 15.3 Å². The molecule has 0 unspecified atom stereocenters. The van der Waals surface area contributed by atoms with E-state index in [1.807, 2.05) is 6.07 Å². The minimum absolute atomic E-state index is 0.206. The molecular formula is C14H14FN3S. The number of nitrogens with one attached hydrogen (secondary N) is 2. The summed E-state index contributed by atoms with van der Waals surface area (Å²) in [5.41, 5.74) is 2.83. The number of benzene rings is 1. The summed E-state index contributed by atoms with van der Waals surface area (Å²) in [6.07, 6.45) is 1.35. The van der Waals surface area contributed by atoms with Gasteiger partial charge in [0, 0.05) is 37.2 Å². The highest BCUT2D eigenvalue weighted by molar-refractivity contribution is 7.71. The highest BCUT2D eigenvalue weighted by Gasteiger charge is 2.13. The van der Waals surface area contributed by atoms with Gasteiger partial charge in [-0.15, -0.1) is 0 Å². The Hall–Kier alpha value is -1.59. The quantitative estimate of drug-likeness (QED) is 0.827. The van der Waals surface area contributed by atoms with Gasteiger partial charge in [-0.3, -0.25) is 0 Å². The second-order valence-corrected chi connectivity index (χ2v) is 5.03. The van der Waals surface area contributed by atoms with Crippen LogP contribution in [0.4, 0.5) is 4.39 Å². The van der Waals surface area contributed by atoms with Crippen molar-refractivity contribution >= 4 is 12.2 Å². The van der Waals surface area contributed by atoms with Crippen LogP contribution in [0.1, 0.15) is 22.6 Å². The number of halogens is 1. The van der Waals surface area contributed by atoms with E-state index in [0.717, 1.165) is 36.6 Å². The predicted octanol–water partition coefficient (Wildman–Crippen LogP) is 2.51. The zero-order valence-electron chi connectivity index (χ0n) is 10.4. The highest BCUT2D eigenvalue weighted by Crippen LogP contribution is 2.15. The number of hydrogen-bond acceptors (Lipinski definition) is 3. The normalized spacial score (nSPS) is 14.2. The van der Waals surface area contributed by atoms with E-state index in [0.29, 0.717) is 16.6 Å². The number of nitrogens with zero attached hydrogens (tertiary/aromatic N) is 1. The van der Waals surface area contributed by atoms with E-state index in [1.54, 1.807) is 12.1 Å². The van der Waals surface area contributed by atoms with Crippen molar-refractivity contribution in [2.75, 3.05) is 6.54 Å². The van der Waals surface area contributed by atoms with Gasteiger partial charge in [0.15, 0.2) is 0 Å². The van der Waals surface area contributed by atoms with Crippen LogP contribution < -0.4 is 5.32 Å². The van der Waals surface area contributed by atoms with E-state index >= 15 is 0 Å². The molecule has 0 saturated carbocycles. The molecule has 0 amide bonds. The van der Waals surface area contributed by atoms with Gasteiger partial charge >= 0.3 is 0 Å². The molecule has 3 nitrogen and oxygen atoms in total. The summed E-state index contributed by atoms with van der Waals surface area (Å²) in [4.78, 5) is 7.67. The second-order valence-electron chi connectivity index (χ2n) is 4.64. The lowest BCUT2D eigenvalue weighted by molar-refractivity contribution is 0.605. The molecule has 2 heterocycles. The van der Waals surface area contributed by atoms with Crippen molar-refractivity contribution < 1.29 is 4.39 Å². The Morgan fingerprint density at radius 3 is 3.00 bits per heavy atom. The van der Waals surface area contributed by atoms with Crippen LogP contribution in [-0.2, 0) is 19.4 Å². The zero-order chi connectivity index (χ0) is 13.2. The molecule has 0 saturated heterocycles. The Kier molecular flexibility index (Phi) is 3.40. The molecule has 98 valence electrons. The van der Waals surface area contributed by atoms with E-state index in [4.69, 9.17) is 12.2 Å². The fraction of sp³-hybridized carbons (Fsp3) is 0.286. The number of aromatic amines is 1. The van der Waals surface area contributed by atoms with Crippen LogP contribution in [0.15, 0.2) is 24.3 Å². The average Bonchev–Trinajstić information content (AvgIpc) is 2.42. The molecule has 5 heteroatoms. The van der Waals surface area contributed by atoms with Crippen LogP contribution in [0.2, 0.25) is 0 Å². The lowest BCUT2D eigenvalue weighted by atomic mass is 10.1. The van der Waals surface area contributed by atoms with Gasteiger partial charge in [0.2, 0.25) is 0 Å². The molecule has 19 heavy (non-hydrogen) atoms. The topological polar surface area (TPSA) is 40.7 Å². The maximum atomic E-state index is 13.6. The molecule has 1 aliphatic heterocycles. The smallest absolute Gasteiger partial charge is 0.134 e. The third kappa shape index (κ3) is 2.57. The average molecular weight is 275 g/mol. The Bertz CT molecular complexity index is 666. The summed E-state index contributed by atoms with van der Waals surface area (Å²) in [6.45, 7) is 1.69. The fourth-order valence-corrected chi connectivity index (χ4v) is 2.63. The third-order valence-electron chi connectivity index (χ3n) is 3.32. The van der Waals surface area contributed by atoms with Crippen LogP contribution >= 0.6 is 12.2 Å². The summed E-state index contributed by atoms with van der Waals surface area (Å²) in [7, 11) is 0. The first-order valence-electron chi connectivity index (χ1n) is 6.29. The lowest BCUT2D eigenvalue weighted by Gasteiger charge is -2.17. The highest BCUT2D eigenvalue weighted by atomic mass is 32.1. The molecule has 0 fully saturated rings. The van der Waals surface area contributed by atoms with Crippen molar-refractivity contribution in [3.63, 3.8) is 0 Å². The molecule has 2 N–H and O–H groups in total. The fourth-order valence-electron chi connectivity index (χ4n) is 2.33. The summed E-state index contributed by atoms with van der Waals surface area (Å²) in [5, 5.41) is 3.27. The molecule has 1 aromatic heterocycles. The zero-order valence-corrected chi connectivity index (χ0v) is 11.2. The van der Waals surface area contributed by atoms with Gasteiger partial charge in [0.1, 0.15) is 16.3 Å². The SMILES string of the molecule is Fc1ccccc1Cc1nc(=S)c2c([nH]1)CCNC2. The molecule has 0 atom stereocenters. The van der Waals surface area contributed by atoms with Gasteiger partial charge in [0.05, 0.1) is 0 Å². The van der Waals surface area contributed by atoms with Crippen LogP contribution in [-0.4, -0.2) is 16.5 Å². The Morgan fingerprint density at radius 1 is 1.32 bits per heavy atom. The lowest BCUT2D eigenvalue weighted by Crippen LogP contribution is -2.26. The molecule has 0 aliphatic carbocycles. The number of hydrogen-bond donors (Lipinski definition) is 2. The van der Waals surface area contributed by atoms with E-state index in [9.17, 15) is 4.39 Å². The molecule has 2 aromatic rings. The number of aromatic nitrogens is 2. The molecule has 0 spiro atoms. The Labute approximate surface area is 115 Å². The third-order valence-corrected chi connectivity index (χ3v) is 3.66. The van der Waals surface area contributed by atoms with Crippen LogP contribution in [0.25, 0.3) is 0 Å². The number of H-pyrrole nitrogens is 1. The van der Waals surface area contributed by atoms with E-state index < -0.39 is 0 Å². The molecule has 3 rings (SSSR count). The van der Waals surface area contributed by atoms with Gasteiger partial charge in [-0.25, -0.2) is 9.37 Å². The van der Waals surface area contributed by atoms with E-state index in [2.05, 4.69) is 15.3 Å². The van der Waals surface area contributed by atoms with E-state index in [1.165, 1.54) is 6.07 Å². The molecule has 1 aromatic carbocycles. The first-order valence-corrected chi connectivity index (χ1v) is 6.70. The molecule has 0 bridgehead atoms. The largest absolute Gasteiger partial charge is 0.346 e. The van der Waals surface area contributed by atoms with Crippen molar-refractivity contribution in [1.29, 1.82) is 0 Å². The van der Waals surface area contributed by atoms with Crippen molar-refractivity contribution in [2.45, 2.75) is 19.4 Å². The molecule has 1 aliphatic rings. The standard InChI is InChI=1S/C14H14FN3S/c15-11-4-2-1-3-9(11)7-13-17-12-5-6-16-8-10(12)14(19)18-13/h1-4,16H,5-8H2,(H,17,18,19). The molecular weight excluding hydrogens is 261 g/mol. The Morgan fingerprint density at radius 2 is 2.16 bits per heavy atom. The van der Waals surface area contributed by atoms with Gasteiger partial charge in [-0.1, -0.05) is 30.4 Å². The van der Waals surface area contributed by atoms with Crippen LogP contribution in [0, 0.1) is 10.5 Å². The van der Waals surface area contributed by atoms with Gasteiger partial charge in [-0.05, 0) is 11.6 Å². The van der Waals surface area contributed by atoms with Gasteiger partial charge in [0.25, 0.3) is 0 Å². The van der Waals surface area contributed by atoms with Crippen molar-refractivity contribution in [3.8, 4) is 0 Å². The van der Waals surface area contributed by atoms with Crippen LogP contribution in [0.5, 0.6) is 0 Å². The van der Waals surface area contributed by atoms with Gasteiger partial charge in [-0.2, -0.15) is 0 Å². The predicted molar refractivity (Wildman–Crippen MR) is 74.0 cm³/mol. The monoisotopic (exact) mass is 275 g/mol. The minimum Gasteiger partial charge on any atom is -0.346 e. The maximum Gasteiger partial charge on any atom is 0.134 e. The summed E-state index contributed by atoms with van der Waals surface area (Å²) in [5.74, 6) is 0.527. The first-order chi connectivity index (χ1) is 9.24. The van der Waals surface area contributed by atoms with Crippen molar-refractivity contribution in [3.05, 3.63) is 57.4 Å². The number of fused-ring (bicyclic) bond motifs is 1. The minimum atomic E-state index is -0.206. The summed E-state index contributed by atoms with van der Waals surface area (Å²) in [6, 6.07) is 6.75. The summed E-state index contributed by atoms with van der Waals surface area (Å²) < 4.78 is 14.3. The van der Waals surface area contributed by atoms with E-state index in [-0.39, 0.29) is 5.82 Å². The number of rotatable bonds is 2. The molecule has 0 radical (unpaired) electrons. The van der Waals surface area contributed by atoms with Gasteiger partial charge < -0.3 is 10.3 Å². The summed E-state index contributed by atoms with van der Waals surface area (Å²) >= 11 is 5.31. The first kappa shape index (κ1) is 12.4. The Balaban J connectivity index is 1.96. The second kappa shape index (κ2) is 5.19. The maximum absolute atomic E-state index is 13.6. The van der Waals surface area contributed by atoms with Crippen molar-refractivity contribution in [2.24, 2.45) is 0 Å². The van der Waals surface area contributed by atoms with Crippen LogP contribution in [0.3, 0.4) is 0 Å².